The van der Waals surface area contributed by atoms with Crippen molar-refractivity contribution in [3.63, 3.8) is 0 Å². The summed E-state index contributed by atoms with van der Waals surface area (Å²) >= 11 is 0. The van der Waals surface area contributed by atoms with Gasteiger partial charge in [-0.3, -0.25) is 4.79 Å². The summed E-state index contributed by atoms with van der Waals surface area (Å²) in [6.07, 6.45) is 2.05. The smallest absolute Gasteiger partial charge is 0.324 e. The van der Waals surface area contributed by atoms with Crippen molar-refractivity contribution >= 4 is 11.6 Å². The summed E-state index contributed by atoms with van der Waals surface area (Å²) in [5.74, 6) is 0.773. The molecule has 132 valence electrons. The number of rotatable bonds is 5. The van der Waals surface area contributed by atoms with Gasteiger partial charge in [0.2, 0.25) is 5.91 Å². The number of aromatic nitrogens is 3. The quantitative estimate of drug-likeness (QED) is 0.771. The predicted octanol–water partition coefficient (Wildman–Crippen LogP) is 2.86. The molecule has 1 fully saturated rings. The highest BCUT2D eigenvalue weighted by atomic mass is 16.2. The largest absolute Gasteiger partial charge is 0.351 e. The van der Waals surface area contributed by atoms with Gasteiger partial charge < -0.3 is 5.32 Å². The number of para-hydroxylation sites is 2. The van der Waals surface area contributed by atoms with Crippen LogP contribution in [0.3, 0.4) is 0 Å². The highest BCUT2D eigenvalue weighted by Crippen LogP contribution is 2.39. The van der Waals surface area contributed by atoms with Gasteiger partial charge in [0.15, 0.2) is 0 Å². The van der Waals surface area contributed by atoms with Crippen LogP contribution in [-0.4, -0.2) is 20.3 Å². The average molecular weight is 348 g/mol. The van der Waals surface area contributed by atoms with Crippen LogP contribution in [0.15, 0.2) is 59.4 Å². The zero-order valence-corrected chi connectivity index (χ0v) is 14.6. The summed E-state index contributed by atoms with van der Waals surface area (Å²) in [5, 5.41) is 7.31. The van der Waals surface area contributed by atoms with Crippen LogP contribution in [0.4, 0.5) is 5.69 Å². The Kier molecular flexibility index (Phi) is 4.16. The monoisotopic (exact) mass is 348 g/mol. The van der Waals surface area contributed by atoms with Crippen molar-refractivity contribution in [2.24, 2.45) is 0 Å². The molecule has 6 nitrogen and oxygen atoms in total. The molecule has 1 aliphatic carbocycles. The third-order valence-electron chi connectivity index (χ3n) is 4.53. The molecular formula is C20H20N4O2. The molecule has 2 aromatic carbocycles. The summed E-state index contributed by atoms with van der Waals surface area (Å²) in [7, 11) is 0. The normalized spacial score (nSPS) is 13.6. The van der Waals surface area contributed by atoms with Gasteiger partial charge in [0.05, 0.1) is 5.69 Å². The molecule has 1 heterocycles. The number of benzene rings is 2. The fourth-order valence-corrected chi connectivity index (χ4v) is 2.99. The minimum Gasteiger partial charge on any atom is -0.324 e. The number of hydrogen-bond donors (Lipinski definition) is 1. The minimum absolute atomic E-state index is 0.104. The molecule has 0 radical (unpaired) electrons. The molecule has 0 atom stereocenters. The highest BCUT2D eigenvalue weighted by Gasteiger charge is 2.31. The second kappa shape index (κ2) is 6.63. The second-order valence-electron chi connectivity index (χ2n) is 6.61. The summed E-state index contributed by atoms with van der Waals surface area (Å²) in [5.41, 5.74) is 2.22. The van der Waals surface area contributed by atoms with Gasteiger partial charge in [0, 0.05) is 11.6 Å². The van der Waals surface area contributed by atoms with Gasteiger partial charge in [-0.05, 0) is 43.5 Å². The minimum atomic E-state index is -0.280. The fraction of sp³-hybridized carbons (Fsp3) is 0.250. The van der Waals surface area contributed by atoms with Gasteiger partial charge in [-0.1, -0.05) is 36.4 Å². The van der Waals surface area contributed by atoms with E-state index < -0.39 is 0 Å². The SMILES string of the molecule is Cc1ccccc1NC(=O)Cn1nc(C2CC2)n(-c2ccccc2)c1=O. The molecule has 1 amide bonds. The van der Waals surface area contributed by atoms with Crippen LogP contribution in [0, 0.1) is 6.92 Å². The lowest BCUT2D eigenvalue weighted by Gasteiger charge is -2.07. The van der Waals surface area contributed by atoms with Crippen LogP contribution < -0.4 is 11.0 Å². The number of carbonyl (C=O) groups is 1. The van der Waals surface area contributed by atoms with Crippen molar-refractivity contribution in [2.75, 3.05) is 5.32 Å². The lowest BCUT2D eigenvalue weighted by Crippen LogP contribution is -2.29. The van der Waals surface area contributed by atoms with Crippen LogP contribution >= 0.6 is 0 Å². The van der Waals surface area contributed by atoms with Crippen molar-refractivity contribution in [2.45, 2.75) is 32.2 Å². The Hall–Kier alpha value is -3.15. The molecule has 0 aliphatic heterocycles. The third kappa shape index (κ3) is 3.18. The first-order valence-electron chi connectivity index (χ1n) is 8.74. The van der Waals surface area contributed by atoms with E-state index >= 15 is 0 Å². The Labute approximate surface area is 151 Å². The van der Waals surface area contributed by atoms with E-state index in [0.29, 0.717) is 5.92 Å². The number of anilines is 1. The maximum absolute atomic E-state index is 12.9. The topological polar surface area (TPSA) is 68.9 Å². The van der Waals surface area contributed by atoms with Gasteiger partial charge in [-0.15, -0.1) is 0 Å². The van der Waals surface area contributed by atoms with Crippen LogP contribution in [0.1, 0.15) is 30.1 Å². The van der Waals surface area contributed by atoms with Gasteiger partial charge in [-0.25, -0.2) is 14.0 Å². The first-order chi connectivity index (χ1) is 12.6. The van der Waals surface area contributed by atoms with Gasteiger partial charge >= 0.3 is 5.69 Å². The predicted molar refractivity (Wildman–Crippen MR) is 99.6 cm³/mol. The molecule has 3 aromatic rings. The Morgan fingerprint density at radius 2 is 1.81 bits per heavy atom. The first-order valence-corrected chi connectivity index (χ1v) is 8.74. The molecule has 6 heteroatoms. The Morgan fingerprint density at radius 3 is 2.50 bits per heavy atom. The summed E-state index contributed by atoms with van der Waals surface area (Å²) in [6, 6.07) is 17.0. The third-order valence-corrected chi connectivity index (χ3v) is 4.53. The van der Waals surface area contributed by atoms with Crippen LogP contribution in [0.5, 0.6) is 0 Å². The van der Waals surface area contributed by atoms with Crippen LogP contribution in [-0.2, 0) is 11.3 Å². The van der Waals surface area contributed by atoms with Crippen molar-refractivity contribution in [1.82, 2.24) is 14.3 Å². The summed E-state index contributed by atoms with van der Waals surface area (Å²) in [4.78, 5) is 25.3. The lowest BCUT2D eigenvalue weighted by molar-refractivity contribution is -0.117. The van der Waals surface area contributed by atoms with E-state index in [2.05, 4.69) is 10.4 Å². The maximum atomic E-state index is 12.9. The maximum Gasteiger partial charge on any atom is 0.351 e. The van der Waals surface area contributed by atoms with E-state index in [1.807, 2.05) is 61.5 Å². The number of hydrogen-bond acceptors (Lipinski definition) is 3. The molecule has 4 rings (SSSR count). The molecule has 0 unspecified atom stereocenters. The molecule has 0 saturated heterocycles. The zero-order valence-electron chi connectivity index (χ0n) is 14.6. The fourth-order valence-electron chi connectivity index (χ4n) is 2.99. The molecule has 0 bridgehead atoms. The molecule has 1 N–H and O–H groups in total. The van der Waals surface area contributed by atoms with E-state index in [-0.39, 0.29) is 18.1 Å². The summed E-state index contributed by atoms with van der Waals surface area (Å²) in [6.45, 7) is 1.82. The molecule has 1 saturated carbocycles. The zero-order chi connectivity index (χ0) is 18.1. The standard InChI is InChI=1S/C20H20N4O2/c1-14-7-5-6-10-17(14)21-18(25)13-23-20(26)24(16-8-3-2-4-9-16)19(22-23)15-11-12-15/h2-10,15H,11-13H2,1H3,(H,21,25). The molecule has 26 heavy (non-hydrogen) atoms. The van der Waals surface area contributed by atoms with E-state index in [1.54, 1.807) is 4.57 Å². The molecular weight excluding hydrogens is 328 g/mol. The Balaban J connectivity index is 1.62. The van der Waals surface area contributed by atoms with E-state index in [4.69, 9.17) is 0 Å². The van der Waals surface area contributed by atoms with E-state index in [0.717, 1.165) is 35.6 Å². The number of carbonyl (C=O) groups excluding carboxylic acids is 1. The Morgan fingerprint density at radius 1 is 1.12 bits per heavy atom. The average Bonchev–Trinajstić information content (AvgIpc) is 3.43. The summed E-state index contributed by atoms with van der Waals surface area (Å²) < 4.78 is 2.88. The second-order valence-corrected chi connectivity index (χ2v) is 6.61. The van der Waals surface area contributed by atoms with Crippen molar-refractivity contribution in [1.29, 1.82) is 0 Å². The highest BCUT2D eigenvalue weighted by molar-refractivity contribution is 5.91. The molecule has 0 spiro atoms. The number of nitrogens with one attached hydrogen (secondary N) is 1. The number of aryl methyl sites for hydroxylation is 1. The van der Waals surface area contributed by atoms with Gasteiger partial charge in [0.1, 0.15) is 12.4 Å². The van der Waals surface area contributed by atoms with Crippen molar-refractivity contribution in [3.8, 4) is 5.69 Å². The number of amides is 1. The van der Waals surface area contributed by atoms with Gasteiger partial charge in [-0.2, -0.15) is 5.10 Å². The van der Waals surface area contributed by atoms with Crippen molar-refractivity contribution in [3.05, 3.63) is 76.5 Å². The molecule has 1 aromatic heterocycles. The molecule has 1 aliphatic rings. The van der Waals surface area contributed by atoms with Crippen LogP contribution in [0.2, 0.25) is 0 Å². The lowest BCUT2D eigenvalue weighted by atomic mass is 10.2. The van der Waals surface area contributed by atoms with Crippen LogP contribution in [0.25, 0.3) is 5.69 Å². The van der Waals surface area contributed by atoms with E-state index in [1.165, 1.54) is 4.68 Å². The number of nitrogens with zero attached hydrogens (tertiary/aromatic N) is 3. The van der Waals surface area contributed by atoms with E-state index in [9.17, 15) is 9.59 Å². The van der Waals surface area contributed by atoms with Gasteiger partial charge in [0.25, 0.3) is 0 Å². The Bertz CT molecular complexity index is 1000. The van der Waals surface area contributed by atoms with Crippen molar-refractivity contribution < 1.29 is 4.79 Å². The first kappa shape index (κ1) is 16.3.